The molecule has 1 aliphatic carbocycles. The van der Waals surface area contributed by atoms with Crippen molar-refractivity contribution < 1.29 is 0 Å². The van der Waals surface area contributed by atoms with Crippen molar-refractivity contribution in [1.29, 1.82) is 0 Å². The highest BCUT2D eigenvalue weighted by atomic mass is 15.3. The van der Waals surface area contributed by atoms with Crippen molar-refractivity contribution >= 4 is 5.82 Å². The van der Waals surface area contributed by atoms with Crippen LogP contribution in [0.3, 0.4) is 0 Å². The number of aromatic nitrogens is 1. The molecule has 0 radical (unpaired) electrons. The van der Waals surface area contributed by atoms with Gasteiger partial charge in [0.05, 0.1) is 0 Å². The van der Waals surface area contributed by atoms with E-state index in [4.69, 9.17) is 4.98 Å². The summed E-state index contributed by atoms with van der Waals surface area (Å²) in [5.41, 5.74) is 2.50. The lowest BCUT2D eigenvalue weighted by Gasteiger charge is -2.38. The first kappa shape index (κ1) is 13.8. The number of pyridine rings is 1. The van der Waals surface area contributed by atoms with Crippen LogP contribution in [0.1, 0.15) is 31.0 Å². The summed E-state index contributed by atoms with van der Waals surface area (Å²) in [5, 5.41) is 3.57. The molecule has 1 atom stereocenters. The maximum atomic E-state index is 4.82. The lowest BCUT2D eigenvalue weighted by atomic mass is 10.1. The minimum Gasteiger partial charge on any atom is -0.354 e. The second kappa shape index (κ2) is 5.70. The van der Waals surface area contributed by atoms with Crippen LogP contribution < -0.4 is 10.2 Å². The van der Waals surface area contributed by atoms with E-state index in [0.717, 1.165) is 38.0 Å². The zero-order valence-electron chi connectivity index (χ0n) is 12.9. The second-order valence-corrected chi connectivity index (χ2v) is 6.34. The van der Waals surface area contributed by atoms with Gasteiger partial charge in [-0.1, -0.05) is 6.07 Å². The zero-order chi connectivity index (χ0) is 14.1. The Kier molecular flexibility index (Phi) is 3.94. The van der Waals surface area contributed by atoms with Gasteiger partial charge in [0.25, 0.3) is 0 Å². The monoisotopic (exact) mass is 274 g/mol. The average molecular weight is 274 g/mol. The number of aryl methyl sites for hydroxylation is 1. The molecule has 0 aromatic carbocycles. The molecule has 1 saturated carbocycles. The summed E-state index contributed by atoms with van der Waals surface area (Å²) < 4.78 is 0. The van der Waals surface area contributed by atoms with E-state index in [-0.39, 0.29) is 0 Å². The summed E-state index contributed by atoms with van der Waals surface area (Å²) >= 11 is 0. The summed E-state index contributed by atoms with van der Waals surface area (Å²) in [7, 11) is 2.20. The fourth-order valence-corrected chi connectivity index (χ4v) is 2.74. The van der Waals surface area contributed by atoms with Gasteiger partial charge < -0.3 is 15.1 Å². The van der Waals surface area contributed by atoms with Crippen LogP contribution in [0.25, 0.3) is 0 Å². The van der Waals surface area contributed by atoms with Crippen molar-refractivity contribution in [1.82, 2.24) is 15.2 Å². The van der Waals surface area contributed by atoms with Gasteiger partial charge in [-0.25, -0.2) is 4.98 Å². The van der Waals surface area contributed by atoms with Crippen molar-refractivity contribution in [3.05, 3.63) is 23.4 Å². The van der Waals surface area contributed by atoms with Crippen LogP contribution in [-0.2, 0) is 6.54 Å². The second-order valence-electron chi connectivity index (χ2n) is 6.34. The summed E-state index contributed by atoms with van der Waals surface area (Å²) in [5.74, 6) is 1.14. The SMILES string of the molecule is Cc1nc(N2CCN(C)C(C)C2)ccc1CNC1CC1. The standard InChI is InChI=1S/C16H26N4/c1-12-11-20(9-8-19(12)3)16-7-4-14(13(2)18-16)10-17-15-5-6-15/h4,7,12,15,17H,5-6,8-11H2,1-3H3. The Morgan fingerprint density at radius 3 is 2.75 bits per heavy atom. The molecule has 4 nitrogen and oxygen atoms in total. The van der Waals surface area contributed by atoms with E-state index in [9.17, 15) is 0 Å². The van der Waals surface area contributed by atoms with Crippen molar-refractivity contribution in [2.75, 3.05) is 31.6 Å². The van der Waals surface area contributed by atoms with Crippen LogP contribution in [0.5, 0.6) is 0 Å². The molecule has 1 aliphatic heterocycles. The lowest BCUT2D eigenvalue weighted by Crippen LogP contribution is -2.50. The summed E-state index contributed by atoms with van der Waals surface area (Å²) in [6.07, 6.45) is 2.67. The van der Waals surface area contributed by atoms with Crippen LogP contribution >= 0.6 is 0 Å². The predicted octanol–water partition coefficient (Wildman–Crippen LogP) is 1.78. The molecule has 1 unspecified atom stereocenters. The van der Waals surface area contributed by atoms with Gasteiger partial charge in [-0.2, -0.15) is 0 Å². The Balaban J connectivity index is 1.66. The fourth-order valence-electron chi connectivity index (χ4n) is 2.74. The van der Waals surface area contributed by atoms with E-state index in [1.54, 1.807) is 0 Å². The lowest BCUT2D eigenvalue weighted by molar-refractivity contribution is 0.233. The van der Waals surface area contributed by atoms with E-state index >= 15 is 0 Å². The molecule has 0 bridgehead atoms. The molecule has 0 spiro atoms. The minimum absolute atomic E-state index is 0.599. The number of hydrogen-bond donors (Lipinski definition) is 1. The molecule has 2 heterocycles. The maximum Gasteiger partial charge on any atom is 0.128 e. The van der Waals surface area contributed by atoms with E-state index < -0.39 is 0 Å². The molecule has 2 fully saturated rings. The molecule has 1 aromatic rings. The van der Waals surface area contributed by atoms with Crippen LogP contribution in [0.15, 0.2) is 12.1 Å². The van der Waals surface area contributed by atoms with Gasteiger partial charge in [-0.05, 0) is 45.4 Å². The molecular formula is C16H26N4. The Bertz CT molecular complexity index is 470. The topological polar surface area (TPSA) is 31.4 Å². The number of anilines is 1. The normalized spacial score (nSPS) is 24.1. The van der Waals surface area contributed by atoms with Crippen LogP contribution in [-0.4, -0.2) is 48.6 Å². The molecule has 0 amide bonds. The van der Waals surface area contributed by atoms with Gasteiger partial charge in [0.2, 0.25) is 0 Å². The smallest absolute Gasteiger partial charge is 0.128 e. The first-order valence-corrected chi connectivity index (χ1v) is 7.78. The highest BCUT2D eigenvalue weighted by molar-refractivity contribution is 5.42. The molecule has 1 N–H and O–H groups in total. The highest BCUT2D eigenvalue weighted by Crippen LogP contribution is 2.21. The number of rotatable bonds is 4. The summed E-state index contributed by atoms with van der Waals surface area (Å²) in [6, 6.07) is 5.79. The van der Waals surface area contributed by atoms with Crippen molar-refractivity contribution in [2.45, 2.75) is 45.3 Å². The fraction of sp³-hybridized carbons (Fsp3) is 0.688. The third kappa shape index (κ3) is 3.13. The Morgan fingerprint density at radius 2 is 2.10 bits per heavy atom. The maximum absolute atomic E-state index is 4.82. The van der Waals surface area contributed by atoms with Crippen LogP contribution in [0, 0.1) is 6.92 Å². The molecular weight excluding hydrogens is 248 g/mol. The number of nitrogens with one attached hydrogen (secondary N) is 1. The Labute approximate surface area is 122 Å². The Hall–Kier alpha value is -1.13. The van der Waals surface area contributed by atoms with E-state index in [1.165, 1.54) is 24.1 Å². The average Bonchev–Trinajstić information content (AvgIpc) is 3.24. The first-order chi connectivity index (χ1) is 9.63. The molecule has 3 rings (SSSR count). The molecule has 4 heteroatoms. The molecule has 1 saturated heterocycles. The minimum atomic E-state index is 0.599. The van der Waals surface area contributed by atoms with Gasteiger partial charge in [0, 0.05) is 44.0 Å². The van der Waals surface area contributed by atoms with Crippen molar-refractivity contribution in [3.8, 4) is 0 Å². The third-order valence-corrected chi connectivity index (χ3v) is 4.62. The Morgan fingerprint density at radius 1 is 1.30 bits per heavy atom. The number of likely N-dealkylation sites (N-methyl/N-ethyl adjacent to an activating group) is 1. The van der Waals surface area contributed by atoms with Gasteiger partial charge in [-0.3, -0.25) is 0 Å². The molecule has 2 aliphatic rings. The number of piperazine rings is 1. The van der Waals surface area contributed by atoms with E-state index in [0.29, 0.717) is 6.04 Å². The zero-order valence-corrected chi connectivity index (χ0v) is 12.9. The van der Waals surface area contributed by atoms with E-state index in [2.05, 4.69) is 48.1 Å². The van der Waals surface area contributed by atoms with Crippen molar-refractivity contribution in [2.24, 2.45) is 0 Å². The first-order valence-electron chi connectivity index (χ1n) is 7.78. The quantitative estimate of drug-likeness (QED) is 0.907. The van der Waals surface area contributed by atoms with Gasteiger partial charge in [0.15, 0.2) is 0 Å². The highest BCUT2D eigenvalue weighted by Gasteiger charge is 2.22. The largest absolute Gasteiger partial charge is 0.354 e. The van der Waals surface area contributed by atoms with Gasteiger partial charge in [0.1, 0.15) is 5.82 Å². The molecule has 1 aromatic heterocycles. The van der Waals surface area contributed by atoms with E-state index in [1.807, 2.05) is 0 Å². The number of hydrogen-bond acceptors (Lipinski definition) is 4. The number of nitrogens with zero attached hydrogens (tertiary/aromatic N) is 3. The van der Waals surface area contributed by atoms with Gasteiger partial charge in [-0.15, -0.1) is 0 Å². The van der Waals surface area contributed by atoms with Crippen LogP contribution in [0.2, 0.25) is 0 Å². The summed E-state index contributed by atoms with van der Waals surface area (Å²) in [6.45, 7) is 8.64. The van der Waals surface area contributed by atoms with Gasteiger partial charge >= 0.3 is 0 Å². The van der Waals surface area contributed by atoms with Crippen LogP contribution in [0.4, 0.5) is 5.82 Å². The summed E-state index contributed by atoms with van der Waals surface area (Å²) in [4.78, 5) is 9.65. The molecule has 110 valence electrons. The third-order valence-electron chi connectivity index (χ3n) is 4.62. The molecule has 20 heavy (non-hydrogen) atoms. The predicted molar refractivity (Wildman–Crippen MR) is 83.1 cm³/mol. The van der Waals surface area contributed by atoms with Crippen molar-refractivity contribution in [3.63, 3.8) is 0 Å².